The highest BCUT2D eigenvalue weighted by molar-refractivity contribution is 9.10. The summed E-state index contributed by atoms with van der Waals surface area (Å²) in [7, 11) is 0. The SMILES string of the molecule is Cc1cc(C)cc(OC(Cc2ccc(Br)cc2)C(=O)O)c1. The van der Waals surface area contributed by atoms with E-state index in [0.29, 0.717) is 12.2 Å². The maximum absolute atomic E-state index is 11.4. The largest absolute Gasteiger partial charge is 0.478 e. The van der Waals surface area contributed by atoms with Crippen LogP contribution in [0.15, 0.2) is 46.9 Å². The molecule has 0 bridgehead atoms. The van der Waals surface area contributed by atoms with Crippen molar-refractivity contribution < 1.29 is 14.6 Å². The van der Waals surface area contributed by atoms with Gasteiger partial charge in [-0.15, -0.1) is 0 Å². The minimum absolute atomic E-state index is 0.329. The second-order valence-electron chi connectivity index (χ2n) is 5.10. The van der Waals surface area contributed by atoms with Crippen LogP contribution in [0.3, 0.4) is 0 Å². The highest BCUT2D eigenvalue weighted by Crippen LogP contribution is 2.20. The second-order valence-corrected chi connectivity index (χ2v) is 6.01. The van der Waals surface area contributed by atoms with Crippen LogP contribution < -0.4 is 4.74 Å². The molecule has 2 rings (SSSR count). The van der Waals surface area contributed by atoms with Crippen LogP contribution in [0, 0.1) is 13.8 Å². The number of carboxylic acids is 1. The molecule has 0 heterocycles. The van der Waals surface area contributed by atoms with Crippen LogP contribution in [0.1, 0.15) is 16.7 Å². The molecule has 1 N–H and O–H groups in total. The third-order valence-corrected chi connectivity index (χ3v) is 3.61. The summed E-state index contributed by atoms with van der Waals surface area (Å²) in [6.07, 6.45) is -0.567. The number of hydrogen-bond donors (Lipinski definition) is 1. The second kappa shape index (κ2) is 6.76. The van der Waals surface area contributed by atoms with Gasteiger partial charge in [0, 0.05) is 10.9 Å². The zero-order valence-electron chi connectivity index (χ0n) is 12.0. The van der Waals surface area contributed by atoms with E-state index in [1.807, 2.05) is 56.3 Å². The lowest BCUT2D eigenvalue weighted by atomic mass is 10.1. The van der Waals surface area contributed by atoms with Crippen LogP contribution in [-0.2, 0) is 11.2 Å². The van der Waals surface area contributed by atoms with Crippen LogP contribution in [0.5, 0.6) is 5.75 Å². The summed E-state index contributed by atoms with van der Waals surface area (Å²) in [6, 6.07) is 13.3. The van der Waals surface area contributed by atoms with E-state index in [9.17, 15) is 9.90 Å². The maximum atomic E-state index is 11.4. The standard InChI is InChI=1S/C17H17BrO3/c1-11-7-12(2)9-15(8-11)21-16(17(19)20)10-13-3-5-14(18)6-4-13/h3-9,16H,10H2,1-2H3,(H,19,20). The van der Waals surface area contributed by atoms with Crippen LogP contribution in [0.2, 0.25) is 0 Å². The van der Waals surface area contributed by atoms with Gasteiger partial charge in [0.2, 0.25) is 0 Å². The first-order valence-corrected chi connectivity index (χ1v) is 7.45. The van der Waals surface area contributed by atoms with Gasteiger partial charge in [-0.05, 0) is 54.8 Å². The zero-order chi connectivity index (χ0) is 15.4. The van der Waals surface area contributed by atoms with Crippen molar-refractivity contribution in [3.05, 3.63) is 63.6 Å². The fourth-order valence-corrected chi connectivity index (χ4v) is 2.44. The lowest BCUT2D eigenvalue weighted by molar-refractivity contribution is -0.145. The molecule has 0 saturated carbocycles. The lowest BCUT2D eigenvalue weighted by Crippen LogP contribution is -2.29. The van der Waals surface area contributed by atoms with Crippen molar-refractivity contribution >= 4 is 21.9 Å². The summed E-state index contributed by atoms with van der Waals surface area (Å²) in [5, 5.41) is 9.35. The molecular weight excluding hydrogens is 332 g/mol. The van der Waals surface area contributed by atoms with Crippen LogP contribution in [0.4, 0.5) is 0 Å². The molecule has 2 aromatic carbocycles. The third-order valence-electron chi connectivity index (χ3n) is 3.08. The van der Waals surface area contributed by atoms with Gasteiger partial charge in [0.05, 0.1) is 0 Å². The molecule has 0 saturated heterocycles. The summed E-state index contributed by atoms with van der Waals surface area (Å²) in [4.78, 5) is 11.4. The lowest BCUT2D eigenvalue weighted by Gasteiger charge is -2.16. The Morgan fingerprint density at radius 3 is 2.24 bits per heavy atom. The number of carbonyl (C=O) groups is 1. The van der Waals surface area contributed by atoms with Gasteiger partial charge < -0.3 is 9.84 Å². The van der Waals surface area contributed by atoms with E-state index in [1.165, 1.54) is 0 Å². The third kappa shape index (κ3) is 4.60. The fraction of sp³-hybridized carbons (Fsp3) is 0.235. The predicted octanol–water partition coefficient (Wildman–Crippen LogP) is 4.14. The van der Waals surface area contributed by atoms with Crippen LogP contribution in [0.25, 0.3) is 0 Å². The Balaban J connectivity index is 2.15. The van der Waals surface area contributed by atoms with Gasteiger partial charge in [-0.3, -0.25) is 0 Å². The molecular formula is C17H17BrO3. The summed E-state index contributed by atoms with van der Waals surface area (Å²) < 4.78 is 6.63. The van der Waals surface area contributed by atoms with Crippen molar-refractivity contribution in [2.24, 2.45) is 0 Å². The highest BCUT2D eigenvalue weighted by Gasteiger charge is 2.20. The number of rotatable bonds is 5. The molecule has 3 nitrogen and oxygen atoms in total. The summed E-state index contributed by atoms with van der Waals surface area (Å²) in [5.41, 5.74) is 3.03. The monoisotopic (exact) mass is 348 g/mol. The number of aryl methyl sites for hydroxylation is 2. The molecule has 21 heavy (non-hydrogen) atoms. The molecule has 0 spiro atoms. The molecule has 1 unspecified atom stereocenters. The molecule has 110 valence electrons. The number of benzene rings is 2. The first kappa shape index (κ1) is 15.6. The molecule has 0 amide bonds. The van der Waals surface area contributed by atoms with Crippen LogP contribution in [-0.4, -0.2) is 17.2 Å². The highest BCUT2D eigenvalue weighted by atomic mass is 79.9. The Hall–Kier alpha value is -1.81. The van der Waals surface area contributed by atoms with Gasteiger partial charge in [-0.1, -0.05) is 34.1 Å². The quantitative estimate of drug-likeness (QED) is 0.883. The minimum atomic E-state index is -0.961. The number of aliphatic carboxylic acids is 1. The average molecular weight is 349 g/mol. The average Bonchev–Trinajstić information content (AvgIpc) is 2.39. The van der Waals surface area contributed by atoms with Gasteiger partial charge in [0.1, 0.15) is 5.75 Å². The van der Waals surface area contributed by atoms with Gasteiger partial charge in [-0.2, -0.15) is 0 Å². The zero-order valence-corrected chi connectivity index (χ0v) is 13.6. The van der Waals surface area contributed by atoms with Crippen molar-refractivity contribution in [3.8, 4) is 5.75 Å². The van der Waals surface area contributed by atoms with Gasteiger partial charge in [0.15, 0.2) is 6.10 Å². The number of halogens is 1. The number of hydrogen-bond acceptors (Lipinski definition) is 2. The Morgan fingerprint density at radius 2 is 1.71 bits per heavy atom. The minimum Gasteiger partial charge on any atom is -0.478 e. The van der Waals surface area contributed by atoms with Crippen molar-refractivity contribution in [2.45, 2.75) is 26.4 Å². The topological polar surface area (TPSA) is 46.5 Å². The first-order chi connectivity index (χ1) is 9.94. The fourth-order valence-electron chi connectivity index (χ4n) is 2.18. The summed E-state index contributed by atoms with van der Waals surface area (Å²) in [5.74, 6) is -0.367. The van der Waals surface area contributed by atoms with Crippen molar-refractivity contribution in [1.82, 2.24) is 0 Å². The molecule has 0 fully saturated rings. The molecule has 0 radical (unpaired) electrons. The number of ether oxygens (including phenoxy) is 1. The van der Waals surface area contributed by atoms with E-state index in [4.69, 9.17) is 4.74 Å². The Bertz CT molecular complexity index is 615. The molecule has 0 aliphatic rings. The van der Waals surface area contributed by atoms with E-state index in [1.54, 1.807) is 0 Å². The molecule has 0 aliphatic carbocycles. The van der Waals surface area contributed by atoms with Crippen molar-refractivity contribution in [3.63, 3.8) is 0 Å². The van der Waals surface area contributed by atoms with E-state index < -0.39 is 12.1 Å². The molecule has 0 aliphatic heterocycles. The number of carboxylic acid groups (broad SMARTS) is 1. The van der Waals surface area contributed by atoms with Gasteiger partial charge in [-0.25, -0.2) is 4.79 Å². The van der Waals surface area contributed by atoms with E-state index in [-0.39, 0.29) is 0 Å². The maximum Gasteiger partial charge on any atom is 0.345 e. The predicted molar refractivity (Wildman–Crippen MR) is 85.8 cm³/mol. The summed E-state index contributed by atoms with van der Waals surface area (Å²) >= 11 is 3.36. The van der Waals surface area contributed by atoms with Crippen molar-refractivity contribution in [1.29, 1.82) is 0 Å². The van der Waals surface area contributed by atoms with Gasteiger partial charge in [0.25, 0.3) is 0 Å². The molecule has 1 atom stereocenters. The van der Waals surface area contributed by atoms with E-state index in [2.05, 4.69) is 15.9 Å². The molecule has 0 aromatic heterocycles. The van der Waals surface area contributed by atoms with Gasteiger partial charge >= 0.3 is 5.97 Å². The Kier molecular flexibility index (Phi) is 5.02. The Labute approximate surface area is 132 Å². The van der Waals surface area contributed by atoms with E-state index in [0.717, 1.165) is 21.2 Å². The van der Waals surface area contributed by atoms with Crippen molar-refractivity contribution in [2.75, 3.05) is 0 Å². The smallest absolute Gasteiger partial charge is 0.345 e. The van der Waals surface area contributed by atoms with Crippen LogP contribution >= 0.6 is 15.9 Å². The van der Waals surface area contributed by atoms with E-state index >= 15 is 0 Å². The Morgan fingerprint density at radius 1 is 1.14 bits per heavy atom. The molecule has 2 aromatic rings. The normalized spacial score (nSPS) is 12.0. The first-order valence-electron chi connectivity index (χ1n) is 6.66. The molecule has 4 heteroatoms. The summed E-state index contributed by atoms with van der Waals surface area (Å²) in [6.45, 7) is 3.93.